The van der Waals surface area contributed by atoms with Crippen molar-refractivity contribution in [2.75, 3.05) is 11.4 Å². The van der Waals surface area contributed by atoms with E-state index in [-0.39, 0.29) is 22.7 Å². The maximum atomic E-state index is 13.0. The van der Waals surface area contributed by atoms with Crippen LogP contribution in [0, 0.1) is 10.8 Å². The number of halogens is 2. The predicted molar refractivity (Wildman–Crippen MR) is 139 cm³/mol. The summed E-state index contributed by atoms with van der Waals surface area (Å²) in [6.45, 7) is 0.142. The molecule has 4 aromatic rings. The van der Waals surface area contributed by atoms with Crippen molar-refractivity contribution in [1.29, 1.82) is 10.8 Å². The lowest BCUT2D eigenvalue weighted by Crippen LogP contribution is -2.31. The van der Waals surface area contributed by atoms with Crippen molar-refractivity contribution in [2.45, 2.75) is 5.92 Å². The molecule has 0 spiro atoms. The fraction of sp³-hybridized carbons (Fsp3) is 0.0800. The zero-order valence-electron chi connectivity index (χ0n) is 18.3. The molecule has 0 aliphatic rings. The first-order valence-electron chi connectivity index (χ1n) is 10.5. The molecule has 1 amide bonds. The molecule has 8 nitrogen and oxygen atoms in total. The Morgan fingerprint density at radius 3 is 2.49 bits per heavy atom. The van der Waals surface area contributed by atoms with Gasteiger partial charge >= 0.3 is 0 Å². The van der Waals surface area contributed by atoms with E-state index in [2.05, 4.69) is 15.3 Å². The first kappa shape index (κ1) is 24.1. The summed E-state index contributed by atoms with van der Waals surface area (Å²) < 4.78 is 0. The van der Waals surface area contributed by atoms with Crippen LogP contribution in [0.1, 0.15) is 27.7 Å². The Morgan fingerprint density at radius 2 is 1.80 bits per heavy atom. The van der Waals surface area contributed by atoms with Gasteiger partial charge < -0.3 is 10.3 Å². The van der Waals surface area contributed by atoms with Crippen molar-refractivity contribution in [3.8, 4) is 0 Å². The van der Waals surface area contributed by atoms with E-state index in [0.29, 0.717) is 27.4 Å². The van der Waals surface area contributed by atoms with Crippen LogP contribution in [0.4, 0.5) is 5.69 Å². The minimum atomic E-state index is -0.444. The third kappa shape index (κ3) is 5.24. The van der Waals surface area contributed by atoms with E-state index in [1.54, 1.807) is 24.3 Å². The largest absolute Gasteiger partial charge is 0.351 e. The van der Waals surface area contributed by atoms with Crippen molar-refractivity contribution in [2.24, 2.45) is 0 Å². The fourth-order valence-electron chi connectivity index (χ4n) is 3.68. The average Bonchev–Trinajstić information content (AvgIpc) is 2.85. The lowest BCUT2D eigenvalue weighted by molar-refractivity contribution is 0.0952. The standard InChI is InChI=1S/C25H20Cl2N6O2/c26-16-6-8-19-22(10-16)31-23(32-25(19)35)20(15-4-2-1-3-5-15)12-30-24(34)18-9-7-17(11-21(18)27)33(13-28)14-29/h1-11,13-14,20,28-29H,12H2,(H,30,34)(H,31,32,35). The Bertz CT molecular complexity index is 1460. The number of anilines is 1. The normalized spacial score (nSPS) is 11.6. The Morgan fingerprint density at radius 1 is 1.06 bits per heavy atom. The number of benzene rings is 3. The molecule has 1 atom stereocenters. The van der Waals surface area contributed by atoms with Gasteiger partial charge in [-0.25, -0.2) is 4.98 Å². The number of H-pyrrole nitrogens is 1. The quantitative estimate of drug-likeness (QED) is 0.202. The molecule has 1 unspecified atom stereocenters. The predicted octanol–water partition coefficient (Wildman–Crippen LogP) is 4.81. The number of hydrogen-bond acceptors (Lipinski definition) is 5. The van der Waals surface area contributed by atoms with Gasteiger partial charge in [0.2, 0.25) is 0 Å². The molecule has 0 saturated heterocycles. The Labute approximate surface area is 210 Å². The molecule has 4 N–H and O–H groups in total. The van der Waals surface area contributed by atoms with Gasteiger partial charge in [0.15, 0.2) is 0 Å². The van der Waals surface area contributed by atoms with Crippen molar-refractivity contribution >= 4 is 58.4 Å². The van der Waals surface area contributed by atoms with Crippen molar-refractivity contribution in [3.63, 3.8) is 0 Å². The highest BCUT2D eigenvalue weighted by molar-refractivity contribution is 6.34. The molecule has 176 valence electrons. The van der Waals surface area contributed by atoms with Crippen LogP contribution in [0.2, 0.25) is 10.0 Å². The molecule has 0 aliphatic carbocycles. The number of amides is 1. The van der Waals surface area contributed by atoms with E-state index in [9.17, 15) is 9.59 Å². The lowest BCUT2D eigenvalue weighted by atomic mass is 9.97. The van der Waals surface area contributed by atoms with E-state index >= 15 is 0 Å². The van der Waals surface area contributed by atoms with Gasteiger partial charge in [0, 0.05) is 17.3 Å². The minimum absolute atomic E-state index is 0.142. The highest BCUT2D eigenvalue weighted by Gasteiger charge is 2.21. The molecule has 3 aromatic carbocycles. The summed E-state index contributed by atoms with van der Waals surface area (Å²) in [7, 11) is 0. The zero-order chi connectivity index (χ0) is 24.9. The Balaban J connectivity index is 1.64. The Hall–Kier alpha value is -4.01. The molecular formula is C25H20Cl2N6O2. The first-order valence-corrected chi connectivity index (χ1v) is 11.3. The molecular weight excluding hydrogens is 487 g/mol. The first-order chi connectivity index (χ1) is 16.9. The van der Waals surface area contributed by atoms with Crippen LogP contribution in [-0.4, -0.2) is 35.1 Å². The number of nitrogens with zero attached hydrogens (tertiary/aromatic N) is 2. The van der Waals surface area contributed by atoms with Gasteiger partial charge in [-0.2, -0.15) is 0 Å². The van der Waals surface area contributed by atoms with Gasteiger partial charge in [-0.3, -0.25) is 25.3 Å². The van der Waals surface area contributed by atoms with Crippen LogP contribution < -0.4 is 15.8 Å². The van der Waals surface area contributed by atoms with Crippen LogP contribution in [-0.2, 0) is 0 Å². The van der Waals surface area contributed by atoms with Crippen LogP contribution >= 0.6 is 23.2 Å². The third-order valence-electron chi connectivity index (χ3n) is 5.46. The fourth-order valence-corrected chi connectivity index (χ4v) is 4.11. The van der Waals surface area contributed by atoms with Gasteiger partial charge in [-0.15, -0.1) is 0 Å². The van der Waals surface area contributed by atoms with Gasteiger partial charge in [0.05, 0.1) is 40.1 Å². The van der Waals surface area contributed by atoms with E-state index in [4.69, 9.17) is 34.0 Å². The number of carbonyl (C=O) groups is 1. The van der Waals surface area contributed by atoms with Crippen LogP contribution in [0.5, 0.6) is 0 Å². The summed E-state index contributed by atoms with van der Waals surface area (Å²) in [4.78, 5) is 34.4. The molecule has 4 rings (SSSR count). The summed E-state index contributed by atoms with van der Waals surface area (Å²) in [5.41, 5.74) is 1.74. The smallest absolute Gasteiger partial charge is 0.258 e. The van der Waals surface area contributed by atoms with Gasteiger partial charge in [0.25, 0.3) is 11.5 Å². The SMILES string of the molecule is N=CN(C=N)c1ccc(C(=O)NCC(c2ccccc2)c2nc3cc(Cl)ccc3c(=O)[nH]2)c(Cl)c1. The second-order valence-electron chi connectivity index (χ2n) is 7.62. The number of carbonyl (C=O) groups excluding carboxylic acids is 1. The maximum absolute atomic E-state index is 13.0. The molecule has 10 heteroatoms. The lowest BCUT2D eigenvalue weighted by Gasteiger charge is -2.19. The topological polar surface area (TPSA) is 126 Å². The van der Waals surface area contributed by atoms with Crippen molar-refractivity contribution in [3.05, 3.63) is 104 Å². The Kier molecular flexibility index (Phi) is 7.24. The minimum Gasteiger partial charge on any atom is -0.351 e. The van der Waals surface area contributed by atoms with Crippen LogP contribution in [0.3, 0.4) is 0 Å². The van der Waals surface area contributed by atoms with Crippen molar-refractivity contribution < 1.29 is 4.79 Å². The number of fused-ring (bicyclic) bond motifs is 1. The van der Waals surface area contributed by atoms with Gasteiger partial charge in [0.1, 0.15) is 5.82 Å². The molecule has 0 fully saturated rings. The second-order valence-corrected chi connectivity index (χ2v) is 8.46. The molecule has 0 radical (unpaired) electrons. The van der Waals surface area contributed by atoms with Gasteiger partial charge in [-0.05, 0) is 42.0 Å². The second kappa shape index (κ2) is 10.5. The molecule has 35 heavy (non-hydrogen) atoms. The summed E-state index contributed by atoms with van der Waals surface area (Å²) in [5.74, 6) is -0.462. The monoisotopic (exact) mass is 506 g/mol. The van der Waals surface area contributed by atoms with Crippen LogP contribution in [0.15, 0.2) is 71.5 Å². The molecule has 1 aromatic heterocycles. The van der Waals surface area contributed by atoms with E-state index in [0.717, 1.165) is 18.2 Å². The highest BCUT2D eigenvalue weighted by atomic mass is 35.5. The summed E-state index contributed by atoms with van der Waals surface area (Å²) >= 11 is 12.4. The molecule has 1 heterocycles. The van der Waals surface area contributed by atoms with Crippen molar-refractivity contribution in [1.82, 2.24) is 15.3 Å². The highest BCUT2D eigenvalue weighted by Crippen LogP contribution is 2.25. The zero-order valence-corrected chi connectivity index (χ0v) is 19.8. The number of nitrogens with one attached hydrogen (secondary N) is 4. The summed E-state index contributed by atoms with van der Waals surface area (Å²) in [5, 5.41) is 18.6. The summed E-state index contributed by atoms with van der Waals surface area (Å²) in [6.07, 6.45) is 1.93. The average molecular weight is 507 g/mol. The third-order valence-corrected chi connectivity index (χ3v) is 6.01. The number of rotatable bonds is 8. The molecule has 0 bridgehead atoms. The molecule has 0 aliphatic heterocycles. The number of hydrogen-bond donors (Lipinski definition) is 4. The number of aromatic amines is 1. The van der Waals surface area contributed by atoms with E-state index in [1.165, 1.54) is 17.0 Å². The molecule has 0 saturated carbocycles. The van der Waals surface area contributed by atoms with E-state index < -0.39 is 11.8 Å². The van der Waals surface area contributed by atoms with Crippen LogP contribution in [0.25, 0.3) is 10.9 Å². The summed E-state index contributed by atoms with van der Waals surface area (Å²) in [6, 6.07) is 18.9. The van der Waals surface area contributed by atoms with Gasteiger partial charge in [-0.1, -0.05) is 53.5 Å². The maximum Gasteiger partial charge on any atom is 0.258 e. The van der Waals surface area contributed by atoms with E-state index in [1.807, 2.05) is 30.3 Å². The number of aromatic nitrogens is 2.